The lowest BCUT2D eigenvalue weighted by atomic mass is 10.0. The van der Waals surface area contributed by atoms with E-state index in [1.165, 1.54) is 0 Å². The molecule has 5 nitrogen and oxygen atoms in total. The molecule has 0 atom stereocenters. The second kappa shape index (κ2) is 11.4. The number of methoxy groups -OCH3 is 1. The lowest BCUT2D eigenvalue weighted by Crippen LogP contribution is -2.19. The van der Waals surface area contributed by atoms with Crippen LogP contribution in [0, 0.1) is 0 Å². The zero-order valence-corrected chi connectivity index (χ0v) is 21.3. The largest absolute Gasteiger partial charge is 0.497 e. The number of rotatable bonds is 8. The molecule has 0 radical (unpaired) electrons. The Labute approximate surface area is 222 Å². The Kier molecular flexibility index (Phi) is 7.46. The van der Waals surface area contributed by atoms with Crippen LogP contribution >= 0.6 is 0 Å². The fourth-order valence-electron chi connectivity index (χ4n) is 4.20. The molecule has 0 unspecified atom stereocenters. The second-order valence-corrected chi connectivity index (χ2v) is 8.91. The first-order valence-electron chi connectivity index (χ1n) is 12.4. The number of ether oxygens (including phenoxy) is 2. The number of hydrazone groups is 1. The maximum atomic E-state index is 12.7. The molecule has 188 valence electrons. The van der Waals surface area contributed by atoms with Gasteiger partial charge in [0.15, 0.2) is 0 Å². The lowest BCUT2D eigenvalue weighted by molar-refractivity contribution is 0.0954. The van der Waals surface area contributed by atoms with Crippen LogP contribution in [0.1, 0.15) is 28.4 Å². The molecule has 38 heavy (non-hydrogen) atoms. The molecule has 0 aliphatic heterocycles. The molecule has 0 aromatic heterocycles. The molecule has 5 heteroatoms. The van der Waals surface area contributed by atoms with Crippen LogP contribution in [0.2, 0.25) is 0 Å². The van der Waals surface area contributed by atoms with E-state index in [9.17, 15) is 4.79 Å². The first-order chi connectivity index (χ1) is 18.6. The van der Waals surface area contributed by atoms with Gasteiger partial charge in [0.05, 0.1) is 12.8 Å². The highest BCUT2D eigenvalue weighted by Crippen LogP contribution is 2.30. The Hall–Kier alpha value is -4.90. The van der Waals surface area contributed by atoms with E-state index in [1.54, 1.807) is 19.2 Å². The highest BCUT2D eigenvalue weighted by Gasteiger charge is 2.08. The Morgan fingerprint density at radius 2 is 1.45 bits per heavy atom. The molecule has 0 bridgehead atoms. The number of nitrogens with zero attached hydrogens (tertiary/aromatic N) is 1. The van der Waals surface area contributed by atoms with Gasteiger partial charge in [0.2, 0.25) is 0 Å². The summed E-state index contributed by atoms with van der Waals surface area (Å²) < 4.78 is 11.4. The van der Waals surface area contributed by atoms with Crippen LogP contribution in [0.15, 0.2) is 120 Å². The summed E-state index contributed by atoms with van der Waals surface area (Å²) in [5.74, 6) is 1.37. The predicted octanol–water partition coefficient (Wildman–Crippen LogP) is 7.25. The average molecular weight is 501 g/mol. The van der Waals surface area contributed by atoms with Gasteiger partial charge in [-0.25, -0.2) is 5.43 Å². The third-order valence-corrected chi connectivity index (χ3v) is 6.37. The molecule has 0 aliphatic rings. The first-order valence-corrected chi connectivity index (χ1v) is 12.4. The molecule has 5 aromatic rings. The number of nitrogens with one attached hydrogen (secondary N) is 1. The Bertz CT molecular complexity index is 1590. The molecule has 0 fully saturated rings. The van der Waals surface area contributed by atoms with Crippen LogP contribution in [0.4, 0.5) is 0 Å². The molecular weight excluding hydrogens is 472 g/mol. The van der Waals surface area contributed by atoms with Crippen molar-refractivity contribution in [3.8, 4) is 22.6 Å². The van der Waals surface area contributed by atoms with E-state index in [2.05, 4.69) is 28.7 Å². The van der Waals surface area contributed by atoms with Crippen LogP contribution < -0.4 is 14.9 Å². The molecule has 5 rings (SSSR count). The SMILES string of the molecule is COc1ccc2cc(/C(C)=N\NC(=O)c3ccc(COc4ccccc4-c4ccccc4)cc3)ccc2c1. The van der Waals surface area contributed by atoms with Crippen LogP contribution in [-0.4, -0.2) is 18.7 Å². The van der Waals surface area contributed by atoms with Crippen LogP contribution in [0.25, 0.3) is 21.9 Å². The minimum absolute atomic E-state index is 0.267. The summed E-state index contributed by atoms with van der Waals surface area (Å²) in [4.78, 5) is 12.7. The average Bonchev–Trinajstić information content (AvgIpc) is 2.99. The molecule has 1 amide bonds. The van der Waals surface area contributed by atoms with Crippen molar-refractivity contribution in [3.05, 3.63) is 132 Å². The minimum atomic E-state index is -0.267. The number of fused-ring (bicyclic) bond motifs is 1. The van der Waals surface area contributed by atoms with Gasteiger partial charge in [0.25, 0.3) is 5.91 Å². The Morgan fingerprint density at radius 1 is 0.763 bits per heavy atom. The van der Waals surface area contributed by atoms with E-state index in [0.717, 1.165) is 50.2 Å². The van der Waals surface area contributed by atoms with Crippen molar-refractivity contribution in [1.82, 2.24) is 5.43 Å². The van der Waals surface area contributed by atoms with Crippen molar-refractivity contribution in [2.24, 2.45) is 5.10 Å². The van der Waals surface area contributed by atoms with E-state index in [-0.39, 0.29) is 5.91 Å². The summed E-state index contributed by atoms with van der Waals surface area (Å²) >= 11 is 0. The molecule has 0 saturated carbocycles. The van der Waals surface area contributed by atoms with Crippen LogP contribution in [-0.2, 0) is 6.61 Å². The smallest absolute Gasteiger partial charge is 0.271 e. The fourth-order valence-corrected chi connectivity index (χ4v) is 4.20. The first kappa shape index (κ1) is 24.8. The van der Waals surface area contributed by atoms with E-state index in [4.69, 9.17) is 9.47 Å². The predicted molar refractivity (Wildman–Crippen MR) is 153 cm³/mol. The number of amides is 1. The molecule has 0 spiro atoms. The van der Waals surface area contributed by atoms with Gasteiger partial charge in [-0.05, 0) is 70.8 Å². The normalized spacial score (nSPS) is 11.3. The number of hydrogen-bond donors (Lipinski definition) is 1. The third kappa shape index (κ3) is 5.73. The maximum Gasteiger partial charge on any atom is 0.271 e. The summed E-state index contributed by atoms with van der Waals surface area (Å²) in [5.41, 5.74) is 7.97. The minimum Gasteiger partial charge on any atom is -0.497 e. The van der Waals surface area contributed by atoms with Gasteiger partial charge in [-0.1, -0.05) is 78.9 Å². The quantitative estimate of drug-likeness (QED) is 0.180. The lowest BCUT2D eigenvalue weighted by Gasteiger charge is -2.12. The topological polar surface area (TPSA) is 59.9 Å². The van der Waals surface area contributed by atoms with Gasteiger partial charge < -0.3 is 9.47 Å². The molecule has 1 N–H and O–H groups in total. The van der Waals surface area contributed by atoms with E-state index >= 15 is 0 Å². The highest BCUT2D eigenvalue weighted by atomic mass is 16.5. The van der Waals surface area contributed by atoms with E-state index < -0.39 is 0 Å². The molecule has 5 aromatic carbocycles. The van der Waals surface area contributed by atoms with Crippen molar-refractivity contribution in [2.45, 2.75) is 13.5 Å². The number of carbonyl (C=O) groups excluding carboxylic acids is 1. The molecule has 0 saturated heterocycles. The summed E-state index contributed by atoms with van der Waals surface area (Å²) in [6.07, 6.45) is 0. The molecule has 0 aliphatic carbocycles. The van der Waals surface area contributed by atoms with Gasteiger partial charge in [-0.15, -0.1) is 0 Å². The van der Waals surface area contributed by atoms with Crippen molar-refractivity contribution in [1.29, 1.82) is 0 Å². The van der Waals surface area contributed by atoms with E-state index in [1.807, 2.05) is 91.9 Å². The summed E-state index contributed by atoms with van der Waals surface area (Å²) in [5, 5.41) is 6.47. The number of benzene rings is 5. The summed E-state index contributed by atoms with van der Waals surface area (Å²) in [6, 6.07) is 37.5. The van der Waals surface area contributed by atoms with Gasteiger partial charge in [-0.2, -0.15) is 5.10 Å². The number of carbonyl (C=O) groups is 1. The highest BCUT2D eigenvalue weighted by molar-refractivity contribution is 6.03. The Morgan fingerprint density at radius 3 is 2.24 bits per heavy atom. The van der Waals surface area contributed by atoms with Gasteiger partial charge in [0.1, 0.15) is 18.1 Å². The Balaban J connectivity index is 1.21. The number of para-hydroxylation sites is 1. The van der Waals surface area contributed by atoms with Crippen molar-refractivity contribution < 1.29 is 14.3 Å². The van der Waals surface area contributed by atoms with Crippen LogP contribution in [0.5, 0.6) is 11.5 Å². The van der Waals surface area contributed by atoms with Crippen molar-refractivity contribution >= 4 is 22.4 Å². The van der Waals surface area contributed by atoms with Gasteiger partial charge in [0, 0.05) is 11.1 Å². The molecule has 0 heterocycles. The maximum absolute atomic E-state index is 12.7. The van der Waals surface area contributed by atoms with Crippen molar-refractivity contribution in [2.75, 3.05) is 7.11 Å². The standard InChI is InChI=1S/C33H28N2O3/c1-23(27-16-17-29-21-30(37-2)19-18-28(29)20-27)34-35-33(36)26-14-12-24(13-15-26)22-38-32-11-7-6-10-31(32)25-8-4-3-5-9-25/h3-21H,22H2,1-2H3,(H,35,36)/b34-23-. The zero-order chi connectivity index (χ0) is 26.3. The summed E-state index contributed by atoms with van der Waals surface area (Å²) in [6.45, 7) is 2.27. The number of hydrogen-bond acceptors (Lipinski definition) is 4. The van der Waals surface area contributed by atoms with Crippen LogP contribution in [0.3, 0.4) is 0 Å². The second-order valence-electron chi connectivity index (χ2n) is 8.91. The van der Waals surface area contributed by atoms with E-state index in [0.29, 0.717) is 12.2 Å². The zero-order valence-electron chi connectivity index (χ0n) is 21.3. The third-order valence-electron chi connectivity index (χ3n) is 6.37. The molecular formula is C33H28N2O3. The van der Waals surface area contributed by atoms with Crippen molar-refractivity contribution in [3.63, 3.8) is 0 Å². The monoisotopic (exact) mass is 500 g/mol. The fraction of sp³-hybridized carbons (Fsp3) is 0.0909. The summed E-state index contributed by atoms with van der Waals surface area (Å²) in [7, 11) is 1.66. The van der Waals surface area contributed by atoms with Gasteiger partial charge >= 0.3 is 0 Å². The van der Waals surface area contributed by atoms with Gasteiger partial charge in [-0.3, -0.25) is 4.79 Å².